The molecule has 6 heteroatoms. The highest BCUT2D eigenvalue weighted by atomic mass is 16.1. The van der Waals surface area contributed by atoms with E-state index in [9.17, 15) is 4.79 Å². The second-order valence-corrected chi connectivity index (χ2v) is 4.99. The van der Waals surface area contributed by atoms with Crippen LogP contribution in [-0.2, 0) is 6.54 Å². The zero-order valence-electron chi connectivity index (χ0n) is 11.7. The Morgan fingerprint density at radius 3 is 3.14 bits per heavy atom. The van der Waals surface area contributed by atoms with Gasteiger partial charge < -0.3 is 14.7 Å². The lowest BCUT2D eigenvalue weighted by atomic mass is 10.2. The maximum Gasteiger partial charge on any atom is 0.251 e. The summed E-state index contributed by atoms with van der Waals surface area (Å²) < 4.78 is 1.96. The maximum atomic E-state index is 12.3. The van der Waals surface area contributed by atoms with Crippen LogP contribution in [0.1, 0.15) is 16.2 Å². The van der Waals surface area contributed by atoms with E-state index in [0.717, 1.165) is 22.4 Å². The van der Waals surface area contributed by atoms with Gasteiger partial charge in [-0.15, -0.1) is 0 Å². The molecule has 2 N–H and O–H groups in total. The summed E-state index contributed by atoms with van der Waals surface area (Å²) in [5.74, 6) is 0.663. The average Bonchev–Trinajstić information content (AvgIpc) is 3.18. The van der Waals surface area contributed by atoms with Crippen LogP contribution in [0.4, 0.5) is 0 Å². The number of carbonyl (C=O) groups is 1. The maximum absolute atomic E-state index is 12.3. The first kappa shape index (κ1) is 12.6. The number of fused-ring (bicyclic) bond motifs is 2. The van der Waals surface area contributed by atoms with Crippen molar-refractivity contribution in [2.24, 2.45) is 0 Å². The molecule has 3 aromatic heterocycles. The molecule has 0 fully saturated rings. The molecular formula is C16H13N5O. The molecule has 3 heterocycles. The standard InChI is InChI=1S/C16H13N5O/c22-16(11-4-5-13-14(7-11)20-10-19-13)18-9-15-17-8-12-3-1-2-6-21(12)15/h1-8,10H,9H2,(H,18,22)(H,19,20). The van der Waals surface area contributed by atoms with E-state index in [1.165, 1.54) is 0 Å². The molecule has 0 aliphatic carbocycles. The number of rotatable bonds is 3. The number of nitrogens with zero attached hydrogens (tertiary/aromatic N) is 3. The second kappa shape index (κ2) is 5.00. The van der Waals surface area contributed by atoms with Crippen LogP contribution in [0, 0.1) is 0 Å². The molecule has 0 radical (unpaired) electrons. The highest BCUT2D eigenvalue weighted by Gasteiger charge is 2.09. The molecule has 0 saturated carbocycles. The van der Waals surface area contributed by atoms with Crippen molar-refractivity contribution in [2.45, 2.75) is 6.54 Å². The van der Waals surface area contributed by atoms with Crippen LogP contribution in [0.5, 0.6) is 0 Å². The molecular weight excluding hydrogens is 278 g/mol. The minimum Gasteiger partial charge on any atom is -0.345 e. The highest BCUT2D eigenvalue weighted by molar-refractivity contribution is 5.97. The van der Waals surface area contributed by atoms with Crippen LogP contribution in [0.2, 0.25) is 0 Å². The Bertz CT molecular complexity index is 969. The SMILES string of the molecule is O=C(NCc1ncc2ccccn12)c1ccc2nc[nH]c2c1. The Hall–Kier alpha value is -3.15. The third-order valence-corrected chi connectivity index (χ3v) is 3.60. The first-order valence-corrected chi connectivity index (χ1v) is 6.93. The zero-order valence-corrected chi connectivity index (χ0v) is 11.7. The van der Waals surface area contributed by atoms with E-state index in [-0.39, 0.29) is 5.91 Å². The zero-order chi connectivity index (χ0) is 14.9. The molecule has 22 heavy (non-hydrogen) atoms. The molecule has 1 aromatic carbocycles. The molecule has 0 bridgehead atoms. The summed E-state index contributed by atoms with van der Waals surface area (Å²) in [5, 5.41) is 2.89. The molecule has 0 aliphatic rings. The number of pyridine rings is 1. The van der Waals surface area contributed by atoms with Crippen molar-refractivity contribution in [3.63, 3.8) is 0 Å². The predicted molar refractivity (Wildman–Crippen MR) is 82.5 cm³/mol. The molecule has 4 rings (SSSR count). The number of hydrogen-bond acceptors (Lipinski definition) is 3. The largest absolute Gasteiger partial charge is 0.345 e. The molecule has 0 aliphatic heterocycles. The minimum absolute atomic E-state index is 0.135. The van der Waals surface area contributed by atoms with Gasteiger partial charge in [0.1, 0.15) is 5.82 Å². The topological polar surface area (TPSA) is 75.1 Å². The lowest BCUT2D eigenvalue weighted by molar-refractivity contribution is 0.0950. The van der Waals surface area contributed by atoms with Crippen LogP contribution in [-0.4, -0.2) is 25.3 Å². The summed E-state index contributed by atoms with van der Waals surface area (Å²) in [4.78, 5) is 23.7. The van der Waals surface area contributed by atoms with Crippen LogP contribution in [0.25, 0.3) is 16.6 Å². The van der Waals surface area contributed by atoms with Crippen LogP contribution in [0.15, 0.2) is 55.1 Å². The van der Waals surface area contributed by atoms with Crippen LogP contribution >= 0.6 is 0 Å². The van der Waals surface area contributed by atoms with E-state index in [2.05, 4.69) is 20.3 Å². The van der Waals surface area contributed by atoms with Gasteiger partial charge in [-0.25, -0.2) is 9.97 Å². The molecule has 6 nitrogen and oxygen atoms in total. The number of aromatic amines is 1. The van der Waals surface area contributed by atoms with Gasteiger partial charge in [-0.2, -0.15) is 0 Å². The normalized spacial score (nSPS) is 11.1. The van der Waals surface area contributed by atoms with E-state index in [1.54, 1.807) is 24.7 Å². The Balaban J connectivity index is 1.54. The van der Waals surface area contributed by atoms with Crippen LogP contribution in [0.3, 0.4) is 0 Å². The Kier molecular flexibility index (Phi) is 2.86. The van der Waals surface area contributed by atoms with Gasteiger partial charge in [-0.05, 0) is 30.3 Å². The number of nitrogens with one attached hydrogen (secondary N) is 2. The quantitative estimate of drug-likeness (QED) is 0.607. The molecule has 0 saturated heterocycles. The van der Waals surface area contributed by atoms with Crippen molar-refractivity contribution in [2.75, 3.05) is 0 Å². The number of amides is 1. The van der Waals surface area contributed by atoms with Crippen molar-refractivity contribution in [3.8, 4) is 0 Å². The smallest absolute Gasteiger partial charge is 0.251 e. The van der Waals surface area contributed by atoms with E-state index in [1.807, 2.05) is 34.9 Å². The number of aromatic nitrogens is 4. The third-order valence-electron chi connectivity index (χ3n) is 3.60. The molecule has 0 atom stereocenters. The third kappa shape index (κ3) is 2.10. The summed E-state index contributed by atoms with van der Waals surface area (Å²) in [5.41, 5.74) is 3.29. The molecule has 0 spiro atoms. The first-order chi connectivity index (χ1) is 10.8. The first-order valence-electron chi connectivity index (χ1n) is 6.93. The van der Waals surface area contributed by atoms with E-state index < -0.39 is 0 Å². The molecule has 0 unspecified atom stereocenters. The minimum atomic E-state index is -0.135. The van der Waals surface area contributed by atoms with Crippen molar-refractivity contribution < 1.29 is 4.79 Å². The molecule has 108 valence electrons. The van der Waals surface area contributed by atoms with Crippen molar-refractivity contribution in [1.29, 1.82) is 0 Å². The van der Waals surface area contributed by atoms with Gasteiger partial charge in [0.15, 0.2) is 0 Å². The fraction of sp³-hybridized carbons (Fsp3) is 0.0625. The second-order valence-electron chi connectivity index (χ2n) is 4.99. The van der Waals surface area contributed by atoms with E-state index in [4.69, 9.17) is 0 Å². The summed E-state index contributed by atoms with van der Waals surface area (Å²) in [6, 6.07) is 11.3. The van der Waals surface area contributed by atoms with Gasteiger partial charge in [0.25, 0.3) is 5.91 Å². The predicted octanol–water partition coefficient (Wildman–Crippen LogP) is 2.14. The summed E-state index contributed by atoms with van der Waals surface area (Å²) in [6.07, 6.45) is 5.33. The van der Waals surface area contributed by atoms with E-state index in [0.29, 0.717) is 12.1 Å². The summed E-state index contributed by atoms with van der Waals surface area (Å²) in [7, 11) is 0. The molecule has 4 aromatic rings. The lowest BCUT2D eigenvalue weighted by Gasteiger charge is -2.05. The van der Waals surface area contributed by atoms with E-state index >= 15 is 0 Å². The van der Waals surface area contributed by atoms with Crippen molar-refractivity contribution in [3.05, 3.63) is 66.5 Å². The monoisotopic (exact) mass is 291 g/mol. The summed E-state index contributed by atoms with van der Waals surface area (Å²) in [6.45, 7) is 0.373. The Morgan fingerprint density at radius 1 is 1.23 bits per heavy atom. The number of benzene rings is 1. The summed E-state index contributed by atoms with van der Waals surface area (Å²) >= 11 is 0. The van der Waals surface area contributed by atoms with Gasteiger partial charge in [-0.3, -0.25) is 4.79 Å². The van der Waals surface area contributed by atoms with Crippen molar-refractivity contribution >= 4 is 22.5 Å². The highest BCUT2D eigenvalue weighted by Crippen LogP contribution is 2.12. The van der Waals surface area contributed by atoms with Crippen LogP contribution < -0.4 is 5.32 Å². The number of hydrogen-bond donors (Lipinski definition) is 2. The molecule has 1 amide bonds. The fourth-order valence-corrected chi connectivity index (χ4v) is 2.47. The van der Waals surface area contributed by atoms with Gasteiger partial charge in [0, 0.05) is 11.8 Å². The number of H-pyrrole nitrogens is 1. The Morgan fingerprint density at radius 2 is 2.18 bits per heavy atom. The lowest BCUT2D eigenvalue weighted by Crippen LogP contribution is -2.23. The number of imidazole rings is 2. The average molecular weight is 291 g/mol. The van der Waals surface area contributed by atoms with Gasteiger partial charge in [0.05, 0.1) is 35.6 Å². The van der Waals surface area contributed by atoms with Gasteiger partial charge in [-0.1, -0.05) is 6.07 Å². The Labute approximate surface area is 125 Å². The fourth-order valence-electron chi connectivity index (χ4n) is 2.47. The van der Waals surface area contributed by atoms with Crippen molar-refractivity contribution in [1.82, 2.24) is 24.7 Å². The van der Waals surface area contributed by atoms with Gasteiger partial charge in [0.2, 0.25) is 0 Å². The number of carbonyl (C=O) groups excluding carboxylic acids is 1. The van der Waals surface area contributed by atoms with Gasteiger partial charge >= 0.3 is 0 Å².